The van der Waals surface area contributed by atoms with E-state index in [-0.39, 0.29) is 0 Å². The molecule has 23 heavy (non-hydrogen) atoms. The van der Waals surface area contributed by atoms with Crippen LogP contribution in [0.3, 0.4) is 0 Å². The second-order valence-corrected chi connectivity index (χ2v) is 5.32. The Morgan fingerprint density at radius 3 is 2.61 bits per heavy atom. The van der Waals surface area contributed by atoms with Gasteiger partial charge in [0.1, 0.15) is 5.75 Å². The van der Waals surface area contributed by atoms with E-state index < -0.39 is 5.97 Å². The molecule has 0 fully saturated rings. The molecule has 0 bridgehead atoms. The van der Waals surface area contributed by atoms with Gasteiger partial charge in [0.2, 0.25) is 0 Å². The number of allylic oxidation sites excluding steroid dienone is 3. The lowest BCUT2D eigenvalue weighted by Gasteiger charge is -2.06. The van der Waals surface area contributed by atoms with Gasteiger partial charge in [0.25, 0.3) is 0 Å². The third kappa shape index (κ3) is 4.68. The van der Waals surface area contributed by atoms with Gasteiger partial charge in [-0.05, 0) is 54.3 Å². The van der Waals surface area contributed by atoms with Crippen LogP contribution in [-0.2, 0) is 4.79 Å². The van der Waals surface area contributed by atoms with Crippen molar-refractivity contribution < 1.29 is 9.53 Å². The molecule has 0 atom stereocenters. The molecule has 0 aliphatic carbocycles. The van der Waals surface area contributed by atoms with Gasteiger partial charge >= 0.3 is 5.97 Å². The molecule has 0 heterocycles. The lowest BCUT2D eigenvalue weighted by atomic mass is 10.0. The minimum absolute atomic E-state index is 0.444. The Morgan fingerprint density at radius 1 is 1.17 bits per heavy atom. The fraction of sp³-hybridized carbons (Fsp3) is 0.190. The van der Waals surface area contributed by atoms with Gasteiger partial charge in [0.05, 0.1) is 0 Å². The highest BCUT2D eigenvalue weighted by molar-refractivity contribution is 5.88. The van der Waals surface area contributed by atoms with E-state index >= 15 is 0 Å². The third-order valence-corrected chi connectivity index (χ3v) is 3.66. The molecule has 2 aromatic rings. The fourth-order valence-corrected chi connectivity index (χ4v) is 2.36. The first kappa shape index (κ1) is 16.8. The monoisotopic (exact) mass is 306 g/mol. The molecule has 2 rings (SSSR count). The van der Waals surface area contributed by atoms with Gasteiger partial charge in [-0.3, -0.25) is 0 Å². The second kappa shape index (κ2) is 8.14. The van der Waals surface area contributed by atoms with Crippen molar-refractivity contribution in [2.75, 3.05) is 0 Å². The van der Waals surface area contributed by atoms with Gasteiger partial charge in [-0.25, -0.2) is 4.79 Å². The fourth-order valence-electron chi connectivity index (χ4n) is 2.36. The van der Waals surface area contributed by atoms with Crippen molar-refractivity contribution in [1.29, 1.82) is 0 Å². The molecule has 0 N–H and O–H groups in total. The van der Waals surface area contributed by atoms with Crippen LogP contribution in [0, 0.1) is 0 Å². The Balaban J connectivity index is 2.29. The molecule has 2 aromatic carbocycles. The van der Waals surface area contributed by atoms with E-state index in [2.05, 4.69) is 49.9 Å². The molecular weight excluding hydrogens is 284 g/mol. The normalized spacial score (nSPS) is 11.8. The van der Waals surface area contributed by atoms with Crippen LogP contribution < -0.4 is 4.74 Å². The number of esters is 1. The lowest BCUT2D eigenvalue weighted by Crippen LogP contribution is -2.02. The van der Waals surface area contributed by atoms with Crippen molar-refractivity contribution in [2.24, 2.45) is 0 Å². The van der Waals surface area contributed by atoms with E-state index in [1.54, 1.807) is 6.07 Å². The van der Waals surface area contributed by atoms with Crippen LogP contribution in [0.15, 0.2) is 66.8 Å². The summed E-state index contributed by atoms with van der Waals surface area (Å²) in [5, 5.41) is 2.17. The molecular formula is C21H22O2. The molecule has 0 saturated heterocycles. The molecule has 0 radical (unpaired) electrons. The molecule has 0 aliphatic heterocycles. The van der Waals surface area contributed by atoms with Crippen LogP contribution >= 0.6 is 0 Å². The minimum Gasteiger partial charge on any atom is -0.423 e. The van der Waals surface area contributed by atoms with E-state index in [0.29, 0.717) is 5.75 Å². The Bertz CT molecular complexity index is 767. The topological polar surface area (TPSA) is 26.3 Å². The van der Waals surface area contributed by atoms with E-state index in [9.17, 15) is 4.79 Å². The number of carbonyl (C=O) groups is 1. The van der Waals surface area contributed by atoms with E-state index in [1.165, 1.54) is 11.1 Å². The molecule has 0 saturated carbocycles. The first-order chi connectivity index (χ1) is 11.2. The van der Waals surface area contributed by atoms with Crippen LogP contribution in [0.25, 0.3) is 16.8 Å². The third-order valence-electron chi connectivity index (χ3n) is 3.66. The van der Waals surface area contributed by atoms with Gasteiger partial charge < -0.3 is 4.74 Å². The number of ether oxygens (including phenoxy) is 1. The first-order valence-corrected chi connectivity index (χ1v) is 7.85. The number of fused-ring (bicyclic) bond motifs is 1. The molecule has 0 unspecified atom stereocenters. The maximum Gasteiger partial charge on any atom is 0.335 e. The van der Waals surface area contributed by atoms with Crippen molar-refractivity contribution in [3.8, 4) is 5.75 Å². The van der Waals surface area contributed by atoms with Gasteiger partial charge in [-0.15, -0.1) is 0 Å². The summed E-state index contributed by atoms with van der Waals surface area (Å²) in [7, 11) is 0. The predicted molar refractivity (Wildman–Crippen MR) is 97.5 cm³/mol. The Morgan fingerprint density at radius 2 is 1.91 bits per heavy atom. The van der Waals surface area contributed by atoms with Crippen molar-refractivity contribution >= 4 is 22.8 Å². The number of hydrogen-bond acceptors (Lipinski definition) is 2. The summed E-state index contributed by atoms with van der Waals surface area (Å²) in [5.74, 6) is 0.0912. The lowest BCUT2D eigenvalue weighted by molar-refractivity contribution is -0.128. The number of hydrogen-bond donors (Lipinski definition) is 0. The zero-order valence-corrected chi connectivity index (χ0v) is 13.7. The summed E-state index contributed by atoms with van der Waals surface area (Å²) < 4.78 is 5.15. The van der Waals surface area contributed by atoms with Crippen molar-refractivity contribution in [1.82, 2.24) is 0 Å². The molecule has 0 aromatic heterocycles. The zero-order valence-electron chi connectivity index (χ0n) is 13.7. The highest BCUT2D eigenvalue weighted by atomic mass is 16.5. The first-order valence-electron chi connectivity index (χ1n) is 7.85. The average Bonchev–Trinajstić information content (AvgIpc) is 2.58. The molecule has 118 valence electrons. The van der Waals surface area contributed by atoms with Gasteiger partial charge in [0, 0.05) is 6.08 Å². The summed E-state index contributed by atoms with van der Waals surface area (Å²) in [6.45, 7) is 7.62. The summed E-state index contributed by atoms with van der Waals surface area (Å²) in [5.41, 5.74) is 2.59. The number of benzene rings is 2. The van der Waals surface area contributed by atoms with Crippen molar-refractivity contribution in [2.45, 2.75) is 26.7 Å². The predicted octanol–water partition coefficient (Wildman–Crippen LogP) is 5.69. The summed E-state index contributed by atoms with van der Waals surface area (Å²) in [6, 6.07) is 11.9. The zero-order chi connectivity index (χ0) is 16.7. The maximum atomic E-state index is 11.3. The van der Waals surface area contributed by atoms with Crippen LogP contribution in [0.5, 0.6) is 5.75 Å². The SMILES string of the molecule is C=CC(=O)Oc1ccc2cc(/C=C(/CC)C/C=C\C)ccc2c1. The molecule has 0 aliphatic rings. The number of carbonyl (C=O) groups excluding carboxylic acids is 1. The highest BCUT2D eigenvalue weighted by Gasteiger charge is 2.02. The molecule has 0 amide bonds. The van der Waals surface area contributed by atoms with Gasteiger partial charge in [-0.1, -0.05) is 55.5 Å². The largest absolute Gasteiger partial charge is 0.423 e. The van der Waals surface area contributed by atoms with Crippen LogP contribution in [-0.4, -0.2) is 5.97 Å². The summed E-state index contributed by atoms with van der Waals surface area (Å²) in [6.07, 6.45) is 9.69. The summed E-state index contributed by atoms with van der Waals surface area (Å²) >= 11 is 0. The Labute approximate surface area is 137 Å². The average molecular weight is 306 g/mol. The molecule has 0 spiro atoms. The van der Waals surface area contributed by atoms with Crippen LogP contribution in [0.2, 0.25) is 0 Å². The van der Waals surface area contributed by atoms with E-state index in [4.69, 9.17) is 4.74 Å². The van der Waals surface area contributed by atoms with Crippen LogP contribution in [0.1, 0.15) is 32.3 Å². The summed E-state index contributed by atoms with van der Waals surface area (Å²) in [4.78, 5) is 11.3. The maximum absolute atomic E-state index is 11.3. The minimum atomic E-state index is -0.444. The van der Waals surface area contributed by atoms with Gasteiger partial charge in [0.15, 0.2) is 0 Å². The van der Waals surface area contributed by atoms with Crippen molar-refractivity contribution in [3.05, 3.63) is 72.3 Å². The smallest absolute Gasteiger partial charge is 0.335 e. The second-order valence-electron chi connectivity index (χ2n) is 5.32. The standard InChI is InChI=1S/C21H22O2/c1-4-7-8-16(5-2)13-17-9-10-19-15-20(23-21(22)6-3)12-11-18(19)14-17/h4,6-7,9-15H,3,5,8H2,1-2H3/b7-4-,16-13-. The van der Waals surface area contributed by atoms with E-state index in [1.807, 2.05) is 19.1 Å². The Hall–Kier alpha value is -2.61. The molecule has 2 nitrogen and oxygen atoms in total. The Kier molecular flexibility index (Phi) is 5.93. The van der Waals surface area contributed by atoms with Crippen LogP contribution in [0.4, 0.5) is 0 Å². The van der Waals surface area contributed by atoms with Crippen molar-refractivity contribution in [3.63, 3.8) is 0 Å². The highest BCUT2D eigenvalue weighted by Crippen LogP contribution is 2.24. The van der Waals surface area contributed by atoms with Gasteiger partial charge in [-0.2, -0.15) is 0 Å². The number of rotatable bonds is 6. The quantitative estimate of drug-likeness (QED) is 0.296. The molecule has 2 heteroatoms. The van der Waals surface area contributed by atoms with E-state index in [0.717, 1.165) is 29.7 Å².